The average molecular weight is 297 g/mol. The Morgan fingerprint density at radius 3 is 2.86 bits per heavy atom. The highest BCUT2D eigenvalue weighted by molar-refractivity contribution is 5.81. The molecule has 2 aromatic heterocycles. The molecule has 0 bridgehead atoms. The number of rotatable bonds is 2. The number of nitrogen functional groups attached to an aromatic ring is 1. The fourth-order valence-corrected chi connectivity index (χ4v) is 2.29. The van der Waals surface area contributed by atoms with Gasteiger partial charge >= 0.3 is 0 Å². The fourth-order valence-electron chi connectivity index (χ4n) is 2.29. The Balaban J connectivity index is 1.93. The van der Waals surface area contributed by atoms with Crippen molar-refractivity contribution >= 4 is 17.0 Å². The summed E-state index contributed by atoms with van der Waals surface area (Å²) in [6, 6.07) is 0. The summed E-state index contributed by atoms with van der Waals surface area (Å²) in [4.78, 5) is 11.8. The van der Waals surface area contributed by atoms with E-state index in [-0.39, 0.29) is 19.0 Å². The molecule has 10 nitrogen and oxygen atoms in total. The molecule has 0 unspecified atom stereocenters. The van der Waals surface area contributed by atoms with E-state index in [2.05, 4.69) is 15.0 Å². The summed E-state index contributed by atoms with van der Waals surface area (Å²) in [6.07, 6.45) is -1.86. The van der Waals surface area contributed by atoms with Crippen LogP contribution in [0.5, 0.6) is 0 Å². The Bertz CT molecular complexity index is 663. The van der Waals surface area contributed by atoms with Crippen LogP contribution in [0.1, 0.15) is 0 Å². The number of ether oxygens (including phenoxy) is 1. The Morgan fingerprint density at radius 1 is 1.33 bits per heavy atom. The van der Waals surface area contributed by atoms with Gasteiger partial charge in [0.05, 0.1) is 19.5 Å². The van der Waals surface area contributed by atoms with E-state index in [0.29, 0.717) is 11.2 Å². The van der Waals surface area contributed by atoms with Gasteiger partial charge in [0.2, 0.25) is 5.79 Å². The third-order valence-electron chi connectivity index (χ3n) is 3.51. The maximum atomic E-state index is 10.4. The van der Waals surface area contributed by atoms with Crippen molar-refractivity contribution in [1.29, 1.82) is 0 Å². The van der Waals surface area contributed by atoms with Gasteiger partial charge in [0.25, 0.3) is 0 Å². The molecule has 1 aliphatic rings. The summed E-state index contributed by atoms with van der Waals surface area (Å²) in [5.41, 5.74) is 6.37. The van der Waals surface area contributed by atoms with Crippen molar-refractivity contribution in [3.63, 3.8) is 0 Å². The van der Waals surface area contributed by atoms with E-state index in [0.717, 1.165) is 0 Å². The minimum atomic E-state index is -2.08. The number of nitrogens with two attached hydrogens (primary N) is 1. The first kappa shape index (κ1) is 14.1. The normalized spacial score (nSPS) is 33.4. The maximum absolute atomic E-state index is 10.4. The second kappa shape index (κ2) is 4.86. The predicted molar refractivity (Wildman–Crippen MR) is 68.7 cm³/mol. The quantitative estimate of drug-likeness (QED) is 0.394. The molecule has 2 aromatic rings. The molecule has 114 valence electrons. The first-order chi connectivity index (χ1) is 9.92. The number of imidazole rings is 1. The van der Waals surface area contributed by atoms with Crippen LogP contribution in [-0.4, -0.2) is 70.7 Å². The molecule has 0 spiro atoms. The minimum absolute atomic E-state index is 0.186. The van der Waals surface area contributed by atoms with E-state index in [1.807, 2.05) is 0 Å². The highest BCUT2D eigenvalue weighted by atomic mass is 16.6. The lowest BCUT2D eigenvalue weighted by Gasteiger charge is -2.41. The van der Waals surface area contributed by atoms with Crippen LogP contribution in [0.2, 0.25) is 0 Å². The molecule has 4 atom stereocenters. The number of hydrogen-bond acceptors (Lipinski definition) is 9. The van der Waals surface area contributed by atoms with E-state index in [9.17, 15) is 20.4 Å². The van der Waals surface area contributed by atoms with Crippen LogP contribution in [0, 0.1) is 0 Å². The van der Waals surface area contributed by atoms with E-state index >= 15 is 0 Å². The second-order valence-electron chi connectivity index (χ2n) is 4.96. The lowest BCUT2D eigenvalue weighted by Crippen LogP contribution is -2.62. The van der Waals surface area contributed by atoms with Crippen LogP contribution < -0.4 is 5.73 Å². The lowest BCUT2D eigenvalue weighted by molar-refractivity contribution is -0.325. The topological polar surface area (TPSA) is 160 Å². The molecular formula is C11H15N5O5. The van der Waals surface area contributed by atoms with Crippen LogP contribution in [0.3, 0.4) is 0 Å². The molecule has 0 saturated carbocycles. The molecular weight excluding hydrogens is 282 g/mol. The zero-order valence-corrected chi connectivity index (χ0v) is 10.9. The molecule has 10 heteroatoms. The molecule has 0 radical (unpaired) electrons. The van der Waals surface area contributed by atoms with Gasteiger partial charge in [-0.05, 0) is 0 Å². The Morgan fingerprint density at radius 2 is 2.10 bits per heavy atom. The van der Waals surface area contributed by atoms with Crippen molar-refractivity contribution in [2.24, 2.45) is 0 Å². The summed E-state index contributed by atoms with van der Waals surface area (Å²) < 4.78 is 6.50. The van der Waals surface area contributed by atoms with E-state index < -0.39 is 24.1 Å². The Hall–Kier alpha value is -1.85. The zero-order valence-electron chi connectivity index (χ0n) is 10.9. The monoisotopic (exact) mass is 297 g/mol. The smallest absolute Gasteiger partial charge is 0.213 e. The zero-order chi connectivity index (χ0) is 15.2. The Kier molecular flexibility index (Phi) is 3.26. The summed E-state index contributed by atoms with van der Waals surface area (Å²) in [7, 11) is 0. The number of aliphatic hydroxyl groups is 4. The fraction of sp³-hybridized carbons (Fsp3) is 0.545. The van der Waals surface area contributed by atoms with Crippen molar-refractivity contribution in [3.8, 4) is 0 Å². The summed E-state index contributed by atoms with van der Waals surface area (Å²) in [5.74, 6) is -1.89. The number of fused-ring (bicyclic) bond motifs is 1. The van der Waals surface area contributed by atoms with Crippen LogP contribution in [0.4, 0.5) is 5.82 Å². The SMILES string of the molecule is Nc1ncnc2c1ncn2C[C@]1(O)OC[C@@H](O)[C@@H](O)[C@@H]1O. The first-order valence-corrected chi connectivity index (χ1v) is 6.24. The van der Waals surface area contributed by atoms with Gasteiger partial charge in [-0.2, -0.15) is 0 Å². The summed E-state index contributed by atoms with van der Waals surface area (Å²) in [5, 5.41) is 39.3. The van der Waals surface area contributed by atoms with Gasteiger partial charge in [-0.3, -0.25) is 0 Å². The van der Waals surface area contributed by atoms with Crippen molar-refractivity contribution in [3.05, 3.63) is 12.7 Å². The number of anilines is 1. The number of nitrogens with zero attached hydrogens (tertiary/aromatic N) is 4. The number of aliphatic hydroxyl groups excluding tert-OH is 3. The molecule has 1 fully saturated rings. The van der Waals surface area contributed by atoms with Crippen LogP contribution >= 0.6 is 0 Å². The van der Waals surface area contributed by atoms with E-state index in [4.69, 9.17) is 10.5 Å². The van der Waals surface area contributed by atoms with Crippen molar-refractivity contribution in [1.82, 2.24) is 19.5 Å². The van der Waals surface area contributed by atoms with Gasteiger partial charge in [-0.25, -0.2) is 15.0 Å². The third-order valence-corrected chi connectivity index (χ3v) is 3.51. The van der Waals surface area contributed by atoms with Crippen molar-refractivity contribution in [2.45, 2.75) is 30.6 Å². The van der Waals surface area contributed by atoms with Gasteiger partial charge in [0, 0.05) is 0 Å². The molecule has 1 saturated heterocycles. The lowest BCUT2D eigenvalue weighted by atomic mass is 9.97. The van der Waals surface area contributed by atoms with Gasteiger partial charge in [-0.15, -0.1) is 0 Å². The second-order valence-corrected chi connectivity index (χ2v) is 4.96. The average Bonchev–Trinajstić information content (AvgIpc) is 2.86. The van der Waals surface area contributed by atoms with Crippen LogP contribution in [0.15, 0.2) is 12.7 Å². The van der Waals surface area contributed by atoms with Crippen LogP contribution in [-0.2, 0) is 11.3 Å². The van der Waals surface area contributed by atoms with Crippen LogP contribution in [0.25, 0.3) is 11.2 Å². The molecule has 0 aromatic carbocycles. The molecule has 6 N–H and O–H groups in total. The van der Waals surface area contributed by atoms with Gasteiger partial charge in [0.15, 0.2) is 11.5 Å². The largest absolute Gasteiger partial charge is 0.388 e. The third kappa shape index (κ3) is 2.22. The number of hydrogen-bond donors (Lipinski definition) is 5. The van der Waals surface area contributed by atoms with Gasteiger partial charge < -0.3 is 35.5 Å². The molecule has 21 heavy (non-hydrogen) atoms. The summed E-state index contributed by atoms with van der Waals surface area (Å²) >= 11 is 0. The highest BCUT2D eigenvalue weighted by Crippen LogP contribution is 2.27. The molecule has 1 aliphatic heterocycles. The predicted octanol–water partition coefficient (Wildman–Crippen LogP) is -2.79. The van der Waals surface area contributed by atoms with Crippen molar-refractivity contribution < 1.29 is 25.2 Å². The standard InChI is InChI=1S/C11H15N5O5/c12-9-6-10(14-3-13-9)16(4-15-6)2-11(20)8(19)7(18)5(17)1-21-11/h3-5,7-8,17-20H,1-2H2,(H2,12,13,14)/t5-,7-,8+,11+/m1/s1. The van der Waals surface area contributed by atoms with Crippen molar-refractivity contribution in [2.75, 3.05) is 12.3 Å². The van der Waals surface area contributed by atoms with E-state index in [1.165, 1.54) is 17.2 Å². The molecule has 3 rings (SSSR count). The molecule has 0 aliphatic carbocycles. The molecule has 3 heterocycles. The van der Waals surface area contributed by atoms with Gasteiger partial charge in [-0.1, -0.05) is 0 Å². The Labute approximate surface area is 118 Å². The van der Waals surface area contributed by atoms with Gasteiger partial charge in [0.1, 0.15) is 30.2 Å². The minimum Gasteiger partial charge on any atom is -0.388 e. The molecule has 0 amide bonds. The number of aromatic nitrogens is 4. The van der Waals surface area contributed by atoms with E-state index in [1.54, 1.807) is 0 Å². The first-order valence-electron chi connectivity index (χ1n) is 6.24. The highest BCUT2D eigenvalue weighted by Gasteiger charge is 2.48. The maximum Gasteiger partial charge on any atom is 0.213 e. The summed E-state index contributed by atoms with van der Waals surface area (Å²) in [6.45, 7) is -0.552.